The van der Waals surface area contributed by atoms with Gasteiger partial charge in [0.25, 0.3) is 0 Å². The molecule has 1 aliphatic rings. The van der Waals surface area contributed by atoms with Gasteiger partial charge in [0.2, 0.25) is 5.95 Å². The van der Waals surface area contributed by atoms with E-state index in [0.29, 0.717) is 11.0 Å². The third-order valence-corrected chi connectivity index (χ3v) is 3.56. The summed E-state index contributed by atoms with van der Waals surface area (Å²) in [6, 6.07) is 3.65. The molecule has 2 aromatic heterocycles. The molecule has 3 rings (SSSR count). The van der Waals surface area contributed by atoms with Crippen molar-refractivity contribution in [2.45, 2.75) is 37.8 Å². The third-order valence-electron chi connectivity index (χ3n) is 3.34. The van der Waals surface area contributed by atoms with E-state index in [-0.39, 0.29) is 12.1 Å². The van der Waals surface area contributed by atoms with Crippen LogP contribution in [0.2, 0.25) is 5.02 Å². The molecule has 6 heteroatoms. The molecule has 0 aliphatic heterocycles. The van der Waals surface area contributed by atoms with Crippen molar-refractivity contribution >= 4 is 23.2 Å². The molecule has 2 unspecified atom stereocenters. The molecule has 0 spiro atoms. The summed E-state index contributed by atoms with van der Waals surface area (Å²) >= 11 is 5.89. The average molecular weight is 267 g/mol. The number of anilines is 1. The number of nitrogens with one attached hydrogen (secondary N) is 1. The first-order valence-corrected chi connectivity index (χ1v) is 6.57. The minimum absolute atomic E-state index is 0.0478. The van der Waals surface area contributed by atoms with Gasteiger partial charge >= 0.3 is 0 Å². The lowest BCUT2D eigenvalue weighted by Crippen LogP contribution is -2.36. The van der Waals surface area contributed by atoms with Gasteiger partial charge in [-0.2, -0.15) is 4.98 Å². The summed E-state index contributed by atoms with van der Waals surface area (Å²) in [5.74, 6) is 0.545. The number of aliphatic hydroxyl groups excluding tert-OH is 1. The molecule has 0 radical (unpaired) electrons. The Bertz CT molecular complexity index is 556. The highest BCUT2D eigenvalue weighted by Crippen LogP contribution is 2.21. The van der Waals surface area contributed by atoms with Crippen LogP contribution >= 0.6 is 11.6 Å². The van der Waals surface area contributed by atoms with Gasteiger partial charge < -0.3 is 10.4 Å². The normalized spacial score (nSPS) is 24.3. The first-order valence-electron chi connectivity index (χ1n) is 6.19. The molecule has 2 N–H and O–H groups in total. The maximum Gasteiger partial charge on any atom is 0.243 e. The molecule has 96 valence electrons. The standard InChI is InChI=1S/C12H15ClN4O/c13-8-5-6-11-15-12(16-17(11)7-8)14-9-3-1-2-4-10(9)18/h5-7,9-10,18H,1-4H2,(H,14,16). The number of nitrogens with zero attached hydrogens (tertiary/aromatic N) is 3. The molecule has 1 fully saturated rings. The van der Waals surface area contributed by atoms with E-state index in [0.717, 1.165) is 31.3 Å². The minimum Gasteiger partial charge on any atom is -0.391 e. The summed E-state index contributed by atoms with van der Waals surface area (Å²) in [4.78, 5) is 4.35. The maximum absolute atomic E-state index is 9.90. The highest BCUT2D eigenvalue weighted by atomic mass is 35.5. The maximum atomic E-state index is 9.90. The summed E-state index contributed by atoms with van der Waals surface area (Å²) in [6.45, 7) is 0. The van der Waals surface area contributed by atoms with Gasteiger partial charge in [0.05, 0.1) is 17.2 Å². The van der Waals surface area contributed by atoms with Crippen LogP contribution in [0.5, 0.6) is 0 Å². The molecular weight excluding hydrogens is 252 g/mol. The Morgan fingerprint density at radius 3 is 3.00 bits per heavy atom. The fourth-order valence-electron chi connectivity index (χ4n) is 2.36. The Morgan fingerprint density at radius 2 is 2.17 bits per heavy atom. The van der Waals surface area contributed by atoms with E-state index in [1.807, 2.05) is 6.07 Å². The molecule has 5 nitrogen and oxygen atoms in total. The number of aliphatic hydroxyl groups is 1. The van der Waals surface area contributed by atoms with Gasteiger partial charge in [0.15, 0.2) is 5.65 Å². The van der Waals surface area contributed by atoms with Gasteiger partial charge in [-0.3, -0.25) is 0 Å². The number of hydrogen-bond acceptors (Lipinski definition) is 4. The van der Waals surface area contributed by atoms with Crippen LogP contribution in [0.25, 0.3) is 5.65 Å². The quantitative estimate of drug-likeness (QED) is 0.874. The summed E-state index contributed by atoms with van der Waals surface area (Å²) in [7, 11) is 0. The van der Waals surface area contributed by atoms with Crippen LogP contribution in [0.1, 0.15) is 25.7 Å². The minimum atomic E-state index is -0.311. The van der Waals surface area contributed by atoms with Gasteiger partial charge in [0.1, 0.15) is 0 Å². The van der Waals surface area contributed by atoms with Crippen molar-refractivity contribution in [2.24, 2.45) is 0 Å². The lowest BCUT2D eigenvalue weighted by molar-refractivity contribution is 0.116. The first kappa shape index (κ1) is 11.7. The Labute approximate surface area is 110 Å². The zero-order valence-electron chi connectivity index (χ0n) is 9.88. The van der Waals surface area contributed by atoms with E-state index in [1.165, 1.54) is 0 Å². The van der Waals surface area contributed by atoms with Crippen LogP contribution in [-0.2, 0) is 0 Å². The van der Waals surface area contributed by atoms with Crippen LogP contribution in [-0.4, -0.2) is 31.9 Å². The fraction of sp³-hybridized carbons (Fsp3) is 0.500. The van der Waals surface area contributed by atoms with Crippen molar-refractivity contribution in [2.75, 3.05) is 5.32 Å². The van der Waals surface area contributed by atoms with E-state index >= 15 is 0 Å². The van der Waals surface area contributed by atoms with E-state index in [2.05, 4.69) is 15.4 Å². The van der Waals surface area contributed by atoms with Crippen molar-refractivity contribution in [1.82, 2.24) is 14.6 Å². The Kier molecular flexibility index (Phi) is 3.09. The van der Waals surface area contributed by atoms with Crippen LogP contribution < -0.4 is 5.32 Å². The number of rotatable bonds is 2. The monoisotopic (exact) mass is 266 g/mol. The Morgan fingerprint density at radius 1 is 1.33 bits per heavy atom. The second-order valence-electron chi connectivity index (χ2n) is 4.69. The molecule has 1 aliphatic carbocycles. The van der Waals surface area contributed by atoms with E-state index in [9.17, 15) is 5.11 Å². The lowest BCUT2D eigenvalue weighted by atomic mass is 9.93. The highest BCUT2D eigenvalue weighted by Gasteiger charge is 2.23. The SMILES string of the molecule is OC1CCCCC1Nc1nc2ccc(Cl)cn2n1. The molecule has 0 bridgehead atoms. The van der Waals surface area contributed by atoms with E-state index in [1.54, 1.807) is 16.8 Å². The predicted molar refractivity (Wildman–Crippen MR) is 69.9 cm³/mol. The smallest absolute Gasteiger partial charge is 0.243 e. The van der Waals surface area contributed by atoms with Crippen molar-refractivity contribution in [3.8, 4) is 0 Å². The van der Waals surface area contributed by atoms with Crippen molar-refractivity contribution in [3.63, 3.8) is 0 Å². The van der Waals surface area contributed by atoms with Crippen LogP contribution in [0.15, 0.2) is 18.3 Å². The number of halogens is 1. The van der Waals surface area contributed by atoms with Gasteiger partial charge in [0, 0.05) is 6.20 Å². The molecule has 2 aromatic rings. The summed E-state index contributed by atoms with van der Waals surface area (Å²) in [6.07, 6.45) is 5.43. The van der Waals surface area contributed by atoms with Crippen molar-refractivity contribution in [1.29, 1.82) is 0 Å². The molecule has 2 heterocycles. The first-order chi connectivity index (χ1) is 8.72. The largest absolute Gasteiger partial charge is 0.391 e. The number of pyridine rings is 1. The van der Waals surface area contributed by atoms with Gasteiger partial charge in [-0.25, -0.2) is 4.52 Å². The number of fused-ring (bicyclic) bond motifs is 1. The molecule has 0 saturated heterocycles. The highest BCUT2D eigenvalue weighted by molar-refractivity contribution is 6.30. The zero-order valence-corrected chi connectivity index (χ0v) is 10.6. The number of aromatic nitrogens is 3. The second-order valence-corrected chi connectivity index (χ2v) is 5.12. The van der Waals surface area contributed by atoms with Gasteiger partial charge in [-0.05, 0) is 25.0 Å². The summed E-state index contributed by atoms with van der Waals surface area (Å²) in [5.41, 5.74) is 0.743. The molecule has 18 heavy (non-hydrogen) atoms. The summed E-state index contributed by atoms with van der Waals surface area (Å²) < 4.78 is 1.64. The molecule has 0 amide bonds. The zero-order chi connectivity index (χ0) is 12.5. The Hall–Kier alpha value is -1.33. The Balaban J connectivity index is 1.81. The number of hydrogen-bond donors (Lipinski definition) is 2. The molecular formula is C12H15ClN4O. The lowest BCUT2D eigenvalue weighted by Gasteiger charge is -2.27. The van der Waals surface area contributed by atoms with E-state index in [4.69, 9.17) is 11.6 Å². The second kappa shape index (κ2) is 4.74. The average Bonchev–Trinajstić information content (AvgIpc) is 2.73. The third kappa shape index (κ3) is 2.28. The van der Waals surface area contributed by atoms with Crippen molar-refractivity contribution in [3.05, 3.63) is 23.4 Å². The fourth-order valence-corrected chi connectivity index (χ4v) is 2.52. The summed E-state index contributed by atoms with van der Waals surface area (Å²) in [5, 5.41) is 18.0. The van der Waals surface area contributed by atoms with Crippen LogP contribution in [0.3, 0.4) is 0 Å². The molecule has 0 aromatic carbocycles. The molecule has 1 saturated carbocycles. The van der Waals surface area contributed by atoms with Crippen molar-refractivity contribution < 1.29 is 5.11 Å². The topological polar surface area (TPSA) is 62.5 Å². The van der Waals surface area contributed by atoms with Gasteiger partial charge in [-0.1, -0.05) is 24.4 Å². The molecule has 2 atom stereocenters. The predicted octanol–water partition coefficient (Wildman–Crippen LogP) is 2.10. The van der Waals surface area contributed by atoms with E-state index < -0.39 is 0 Å². The van der Waals surface area contributed by atoms with Crippen LogP contribution in [0, 0.1) is 0 Å². The van der Waals surface area contributed by atoms with Crippen LogP contribution in [0.4, 0.5) is 5.95 Å². The van der Waals surface area contributed by atoms with Gasteiger partial charge in [-0.15, -0.1) is 5.10 Å².